The van der Waals surface area contributed by atoms with E-state index in [4.69, 9.17) is 9.47 Å². The fourth-order valence-corrected chi connectivity index (χ4v) is 1.18. The number of aryl methyl sites for hydroxylation is 1. The quantitative estimate of drug-likeness (QED) is 0.671. The third-order valence-corrected chi connectivity index (χ3v) is 2.06. The second-order valence-corrected chi connectivity index (χ2v) is 2.74. The van der Waals surface area contributed by atoms with Crippen molar-refractivity contribution in [3.63, 3.8) is 0 Å². The Bertz CT molecular complexity index is 279. The first kappa shape index (κ1) is 8.91. The summed E-state index contributed by atoms with van der Waals surface area (Å²) in [5, 5.41) is 0. The van der Waals surface area contributed by atoms with Gasteiger partial charge >= 0.3 is 0 Å². The molecule has 0 N–H and O–H groups in total. The Morgan fingerprint density at radius 2 is 1.67 bits per heavy atom. The highest BCUT2D eigenvalue weighted by molar-refractivity contribution is 5.49. The van der Waals surface area contributed by atoms with Gasteiger partial charge in [-0.25, -0.2) is 0 Å². The zero-order valence-electron chi connectivity index (χ0n) is 7.97. The highest BCUT2D eigenvalue weighted by Gasteiger charge is 2.07. The lowest BCUT2D eigenvalue weighted by Gasteiger charge is -2.11. The lowest BCUT2D eigenvalue weighted by molar-refractivity contribution is 0.352. The van der Waals surface area contributed by atoms with E-state index in [2.05, 4.69) is 6.92 Å². The van der Waals surface area contributed by atoms with Crippen molar-refractivity contribution in [3.05, 3.63) is 23.3 Å². The average Bonchev–Trinajstić information content (AvgIpc) is 2.09. The van der Waals surface area contributed by atoms with Gasteiger partial charge in [0.2, 0.25) is 0 Å². The molecule has 0 aliphatic heterocycles. The van der Waals surface area contributed by atoms with Gasteiger partial charge in [-0.3, -0.25) is 0 Å². The fraction of sp³-hybridized carbons (Fsp3) is 0.400. The summed E-state index contributed by atoms with van der Waals surface area (Å²) in [5.74, 6) is 1.62. The zero-order valence-corrected chi connectivity index (χ0v) is 7.97. The molecule has 0 atom stereocenters. The number of benzene rings is 1. The average molecular weight is 166 g/mol. The van der Waals surface area contributed by atoms with E-state index in [-0.39, 0.29) is 0 Å². The van der Waals surface area contributed by atoms with Crippen molar-refractivity contribution in [2.75, 3.05) is 14.2 Å². The van der Waals surface area contributed by atoms with E-state index in [0.29, 0.717) is 0 Å². The molecule has 0 spiro atoms. The van der Waals surface area contributed by atoms with Crippen LogP contribution in [0.4, 0.5) is 0 Å². The van der Waals surface area contributed by atoms with Gasteiger partial charge in [0.25, 0.3) is 0 Å². The lowest BCUT2D eigenvalue weighted by atomic mass is 10.1. The summed E-state index contributed by atoms with van der Waals surface area (Å²) in [7, 11) is 3.30. The molecule has 0 heterocycles. The van der Waals surface area contributed by atoms with Crippen LogP contribution in [0.1, 0.15) is 11.1 Å². The van der Waals surface area contributed by atoms with Crippen LogP contribution in [0, 0.1) is 13.8 Å². The largest absolute Gasteiger partial charge is 0.493 e. The molecule has 0 aliphatic carbocycles. The Morgan fingerprint density at radius 1 is 1.00 bits per heavy atom. The molecule has 1 rings (SSSR count). The summed E-state index contributed by atoms with van der Waals surface area (Å²) in [6.07, 6.45) is 0. The number of hydrogen-bond acceptors (Lipinski definition) is 2. The van der Waals surface area contributed by atoms with Crippen LogP contribution in [0.3, 0.4) is 0 Å². The van der Waals surface area contributed by atoms with Crippen LogP contribution < -0.4 is 9.47 Å². The predicted molar refractivity (Wildman–Crippen MR) is 49.0 cm³/mol. The summed E-state index contributed by atoms with van der Waals surface area (Å²) in [6.45, 7) is 4.08. The van der Waals surface area contributed by atoms with Crippen LogP contribution in [0.2, 0.25) is 0 Å². The van der Waals surface area contributed by atoms with Gasteiger partial charge in [0.1, 0.15) is 0 Å². The van der Waals surface area contributed by atoms with E-state index in [1.807, 2.05) is 19.1 Å². The predicted octanol–water partition coefficient (Wildman–Crippen LogP) is 2.32. The normalized spacial score (nSPS) is 9.67. The van der Waals surface area contributed by atoms with Crippen molar-refractivity contribution < 1.29 is 9.47 Å². The van der Waals surface area contributed by atoms with Crippen LogP contribution in [0.5, 0.6) is 11.5 Å². The van der Waals surface area contributed by atoms with Crippen molar-refractivity contribution in [1.82, 2.24) is 0 Å². The van der Waals surface area contributed by atoms with E-state index in [0.717, 1.165) is 17.1 Å². The summed E-state index contributed by atoms with van der Waals surface area (Å²) in [5.41, 5.74) is 2.35. The molecule has 0 aliphatic rings. The summed E-state index contributed by atoms with van der Waals surface area (Å²) in [4.78, 5) is 0. The molecule has 1 aromatic carbocycles. The molecule has 0 aromatic heterocycles. The van der Waals surface area contributed by atoms with E-state index >= 15 is 0 Å². The van der Waals surface area contributed by atoms with E-state index in [1.165, 1.54) is 5.56 Å². The van der Waals surface area contributed by atoms with Gasteiger partial charge in [0, 0.05) is 0 Å². The van der Waals surface area contributed by atoms with Crippen LogP contribution in [0.25, 0.3) is 0 Å². The molecule has 0 fully saturated rings. The highest BCUT2D eigenvalue weighted by atomic mass is 16.5. The molecular weight excluding hydrogens is 152 g/mol. The SMILES string of the molecule is COc1ccc(C)c(C)c1OC. The zero-order chi connectivity index (χ0) is 9.14. The van der Waals surface area contributed by atoms with Crippen molar-refractivity contribution in [2.24, 2.45) is 0 Å². The third-order valence-electron chi connectivity index (χ3n) is 2.06. The van der Waals surface area contributed by atoms with Crippen molar-refractivity contribution in [3.8, 4) is 11.5 Å². The highest BCUT2D eigenvalue weighted by Crippen LogP contribution is 2.31. The molecule has 0 unspecified atom stereocenters. The van der Waals surface area contributed by atoms with E-state index in [9.17, 15) is 0 Å². The lowest BCUT2D eigenvalue weighted by Crippen LogP contribution is -1.94. The molecule has 2 nitrogen and oxygen atoms in total. The van der Waals surface area contributed by atoms with Gasteiger partial charge in [0.05, 0.1) is 14.2 Å². The minimum absolute atomic E-state index is 0.792. The number of methoxy groups -OCH3 is 2. The second-order valence-electron chi connectivity index (χ2n) is 2.74. The van der Waals surface area contributed by atoms with Gasteiger partial charge in [-0.2, -0.15) is 0 Å². The summed E-state index contributed by atoms with van der Waals surface area (Å²) >= 11 is 0. The maximum absolute atomic E-state index is 5.22. The first-order valence-corrected chi connectivity index (χ1v) is 3.89. The molecule has 0 radical (unpaired) electrons. The molecule has 66 valence electrons. The first-order valence-electron chi connectivity index (χ1n) is 3.89. The van der Waals surface area contributed by atoms with E-state index < -0.39 is 0 Å². The first-order chi connectivity index (χ1) is 5.70. The topological polar surface area (TPSA) is 18.5 Å². The van der Waals surface area contributed by atoms with Crippen LogP contribution in [0.15, 0.2) is 12.1 Å². The Hall–Kier alpha value is -1.18. The number of hydrogen-bond donors (Lipinski definition) is 0. The Morgan fingerprint density at radius 3 is 2.17 bits per heavy atom. The molecule has 0 bridgehead atoms. The Balaban J connectivity index is 3.25. The number of rotatable bonds is 2. The monoisotopic (exact) mass is 166 g/mol. The van der Waals surface area contributed by atoms with Crippen LogP contribution in [-0.2, 0) is 0 Å². The standard InChI is InChI=1S/C10H14O2/c1-7-5-6-9(11-3)10(12-4)8(7)2/h5-6H,1-4H3. The molecule has 0 amide bonds. The molecule has 12 heavy (non-hydrogen) atoms. The molecule has 1 aromatic rings. The molecule has 2 heteroatoms. The minimum atomic E-state index is 0.792. The fourth-order valence-electron chi connectivity index (χ4n) is 1.18. The summed E-state index contributed by atoms with van der Waals surface area (Å²) < 4.78 is 10.4. The molecular formula is C10H14O2. The second kappa shape index (κ2) is 3.48. The minimum Gasteiger partial charge on any atom is -0.493 e. The van der Waals surface area contributed by atoms with Gasteiger partial charge in [-0.05, 0) is 31.0 Å². The molecule has 0 saturated heterocycles. The van der Waals surface area contributed by atoms with Crippen LogP contribution >= 0.6 is 0 Å². The van der Waals surface area contributed by atoms with Gasteiger partial charge in [-0.1, -0.05) is 6.07 Å². The Labute approximate surface area is 73.1 Å². The van der Waals surface area contributed by atoms with Crippen molar-refractivity contribution in [1.29, 1.82) is 0 Å². The van der Waals surface area contributed by atoms with Gasteiger partial charge < -0.3 is 9.47 Å². The van der Waals surface area contributed by atoms with Crippen LogP contribution in [-0.4, -0.2) is 14.2 Å². The Kier molecular flexibility index (Phi) is 2.58. The van der Waals surface area contributed by atoms with Crippen molar-refractivity contribution >= 4 is 0 Å². The van der Waals surface area contributed by atoms with Gasteiger partial charge in [-0.15, -0.1) is 0 Å². The van der Waals surface area contributed by atoms with E-state index in [1.54, 1.807) is 14.2 Å². The molecule has 0 saturated carbocycles. The summed E-state index contributed by atoms with van der Waals surface area (Å²) in [6, 6.07) is 3.94. The smallest absolute Gasteiger partial charge is 0.163 e. The maximum atomic E-state index is 5.22. The number of ether oxygens (including phenoxy) is 2. The maximum Gasteiger partial charge on any atom is 0.163 e. The van der Waals surface area contributed by atoms with Crippen molar-refractivity contribution in [2.45, 2.75) is 13.8 Å². The third kappa shape index (κ3) is 1.37. The van der Waals surface area contributed by atoms with Gasteiger partial charge in [0.15, 0.2) is 11.5 Å².